The van der Waals surface area contributed by atoms with Crippen molar-refractivity contribution in [3.05, 3.63) is 107 Å². The molecule has 0 unspecified atom stereocenters. The van der Waals surface area contributed by atoms with Crippen molar-refractivity contribution in [3.8, 4) is 11.5 Å². The minimum Gasteiger partial charge on any atom is -0.492 e. The summed E-state index contributed by atoms with van der Waals surface area (Å²) in [5.41, 5.74) is 6.46. The van der Waals surface area contributed by atoms with Gasteiger partial charge in [0.05, 0.1) is 11.1 Å². The summed E-state index contributed by atoms with van der Waals surface area (Å²) in [6, 6.07) is 28.5. The van der Waals surface area contributed by atoms with Crippen LogP contribution in [0.4, 0.5) is 0 Å². The highest BCUT2D eigenvalue weighted by Crippen LogP contribution is 2.26. The van der Waals surface area contributed by atoms with Crippen LogP contribution in [0.15, 0.2) is 95.5 Å². The second-order valence-corrected chi connectivity index (χ2v) is 9.25. The van der Waals surface area contributed by atoms with E-state index in [1.807, 2.05) is 66.7 Å². The van der Waals surface area contributed by atoms with Crippen molar-refractivity contribution in [1.82, 2.24) is 16.2 Å². The first-order valence-corrected chi connectivity index (χ1v) is 12.7. The number of carbonyl (C=O) groups excluding carboxylic acids is 2. The Balaban J connectivity index is 1.19. The summed E-state index contributed by atoms with van der Waals surface area (Å²) < 4.78 is 12.0. The number of hydrazine groups is 1. The second kappa shape index (κ2) is 12.8. The van der Waals surface area contributed by atoms with E-state index in [-0.39, 0.29) is 11.7 Å². The maximum atomic E-state index is 12.5. The summed E-state index contributed by atoms with van der Waals surface area (Å²) in [6.45, 7) is 0.285. The summed E-state index contributed by atoms with van der Waals surface area (Å²) in [5.74, 6) is 0.315. The molecule has 37 heavy (non-hydrogen) atoms. The van der Waals surface area contributed by atoms with Crippen LogP contribution in [0.1, 0.15) is 15.9 Å². The molecule has 0 bridgehead atoms. The maximum Gasteiger partial charge on any atom is 0.276 e. The number of rotatable bonds is 8. The van der Waals surface area contributed by atoms with Crippen molar-refractivity contribution in [2.45, 2.75) is 6.42 Å². The Morgan fingerprint density at radius 1 is 0.811 bits per heavy atom. The fourth-order valence-corrected chi connectivity index (χ4v) is 4.09. The number of benzene rings is 4. The van der Waals surface area contributed by atoms with Crippen LogP contribution in [0.3, 0.4) is 0 Å². The average molecular weight is 578 g/mol. The summed E-state index contributed by atoms with van der Waals surface area (Å²) >= 11 is 8.55. The van der Waals surface area contributed by atoms with E-state index < -0.39 is 11.8 Å². The second-order valence-electron chi connectivity index (χ2n) is 7.98. The van der Waals surface area contributed by atoms with E-state index in [1.165, 1.54) is 5.56 Å². The third-order valence-electron chi connectivity index (χ3n) is 5.32. The van der Waals surface area contributed by atoms with Crippen molar-refractivity contribution in [2.24, 2.45) is 0 Å². The first-order chi connectivity index (χ1) is 18.0. The Bertz CT molecular complexity index is 1420. The van der Waals surface area contributed by atoms with Gasteiger partial charge in [-0.05, 0) is 74.8 Å². The molecule has 0 saturated heterocycles. The molecule has 4 aromatic rings. The highest BCUT2D eigenvalue weighted by atomic mass is 79.9. The number of hydrogen-bond donors (Lipinski definition) is 3. The Labute approximate surface area is 228 Å². The van der Waals surface area contributed by atoms with E-state index in [4.69, 9.17) is 21.7 Å². The van der Waals surface area contributed by atoms with Gasteiger partial charge in [0.15, 0.2) is 11.7 Å². The van der Waals surface area contributed by atoms with Crippen LogP contribution in [-0.4, -0.2) is 30.1 Å². The minimum absolute atomic E-state index is 0.0524. The summed E-state index contributed by atoms with van der Waals surface area (Å²) in [5, 5.41) is 4.57. The van der Waals surface area contributed by atoms with Crippen molar-refractivity contribution in [3.63, 3.8) is 0 Å². The van der Waals surface area contributed by atoms with E-state index in [1.54, 1.807) is 24.3 Å². The molecule has 2 amide bonds. The first-order valence-electron chi connectivity index (χ1n) is 11.5. The van der Waals surface area contributed by atoms with Crippen molar-refractivity contribution >= 4 is 55.8 Å². The molecule has 0 aliphatic rings. The molecule has 7 nitrogen and oxygen atoms in total. The lowest BCUT2D eigenvalue weighted by Gasteiger charge is -2.13. The molecule has 3 N–H and O–H groups in total. The molecule has 0 fully saturated rings. The van der Waals surface area contributed by atoms with E-state index in [9.17, 15) is 9.59 Å². The monoisotopic (exact) mass is 577 g/mol. The lowest BCUT2D eigenvalue weighted by atomic mass is 10.1. The summed E-state index contributed by atoms with van der Waals surface area (Å²) in [4.78, 5) is 24.7. The molecule has 188 valence electrons. The predicted molar refractivity (Wildman–Crippen MR) is 151 cm³/mol. The quantitative estimate of drug-likeness (QED) is 0.203. The molecule has 0 radical (unpaired) electrons. The zero-order chi connectivity index (χ0) is 26.0. The smallest absolute Gasteiger partial charge is 0.276 e. The molecular weight excluding hydrogens is 554 g/mol. The van der Waals surface area contributed by atoms with Crippen LogP contribution in [0.2, 0.25) is 0 Å². The van der Waals surface area contributed by atoms with E-state index >= 15 is 0 Å². The first kappa shape index (κ1) is 26.1. The Morgan fingerprint density at radius 2 is 1.57 bits per heavy atom. The molecule has 0 spiro atoms. The van der Waals surface area contributed by atoms with E-state index in [2.05, 4.69) is 32.1 Å². The zero-order valence-electron chi connectivity index (χ0n) is 19.7. The minimum atomic E-state index is -0.454. The van der Waals surface area contributed by atoms with Crippen molar-refractivity contribution in [2.75, 3.05) is 13.2 Å². The van der Waals surface area contributed by atoms with Gasteiger partial charge in [-0.25, -0.2) is 0 Å². The Kier molecular flexibility index (Phi) is 9.07. The van der Waals surface area contributed by atoms with Gasteiger partial charge in [0, 0.05) is 12.0 Å². The molecule has 4 aromatic carbocycles. The van der Waals surface area contributed by atoms with Gasteiger partial charge < -0.3 is 9.47 Å². The normalized spacial score (nSPS) is 10.4. The van der Waals surface area contributed by atoms with Crippen LogP contribution in [0, 0.1) is 0 Å². The van der Waals surface area contributed by atoms with Gasteiger partial charge >= 0.3 is 0 Å². The van der Waals surface area contributed by atoms with Gasteiger partial charge in [-0.3, -0.25) is 25.8 Å². The predicted octanol–water partition coefficient (Wildman–Crippen LogP) is 4.94. The van der Waals surface area contributed by atoms with Gasteiger partial charge in [0.25, 0.3) is 11.8 Å². The third-order valence-corrected chi connectivity index (χ3v) is 6.14. The van der Waals surface area contributed by atoms with E-state index in [0.29, 0.717) is 28.1 Å². The number of amides is 2. The lowest BCUT2D eigenvalue weighted by Crippen LogP contribution is -2.49. The topological polar surface area (TPSA) is 88.7 Å². The number of ether oxygens (including phenoxy) is 2. The fourth-order valence-electron chi connectivity index (χ4n) is 3.46. The number of halogens is 1. The molecule has 0 saturated carbocycles. The van der Waals surface area contributed by atoms with Gasteiger partial charge in [-0.1, -0.05) is 60.7 Å². The van der Waals surface area contributed by atoms with Gasteiger partial charge in [0.1, 0.15) is 11.5 Å². The van der Waals surface area contributed by atoms with Crippen LogP contribution in [-0.2, 0) is 11.2 Å². The van der Waals surface area contributed by atoms with Crippen LogP contribution in [0.25, 0.3) is 10.8 Å². The molecule has 9 heteroatoms. The SMILES string of the molecule is O=C(COc1ccc2ccccc2c1)NNC(=S)NC(=O)c1ccc(OCCc2ccccc2)c(Br)c1. The number of fused-ring (bicyclic) bond motifs is 1. The average Bonchev–Trinajstić information content (AvgIpc) is 2.92. The standard InChI is InChI=1S/C28H24BrN3O4S/c29-24-17-22(11-13-25(24)35-15-14-19-6-2-1-3-7-19)27(34)30-28(37)32-31-26(33)18-36-23-12-10-20-8-4-5-9-21(20)16-23/h1-13,16-17H,14-15,18H2,(H,31,33)(H2,30,32,34,37). The van der Waals surface area contributed by atoms with Gasteiger partial charge in [-0.2, -0.15) is 0 Å². The lowest BCUT2D eigenvalue weighted by molar-refractivity contribution is -0.123. The third kappa shape index (κ3) is 7.77. The number of nitrogens with one attached hydrogen (secondary N) is 3. The zero-order valence-corrected chi connectivity index (χ0v) is 22.1. The summed E-state index contributed by atoms with van der Waals surface area (Å²) in [7, 11) is 0. The molecule has 0 aliphatic heterocycles. The van der Waals surface area contributed by atoms with Crippen LogP contribution in [0.5, 0.6) is 11.5 Å². The largest absolute Gasteiger partial charge is 0.492 e. The fraction of sp³-hybridized carbons (Fsp3) is 0.107. The van der Waals surface area contributed by atoms with Gasteiger partial charge in [-0.15, -0.1) is 0 Å². The number of hydrogen-bond acceptors (Lipinski definition) is 5. The molecule has 0 aromatic heterocycles. The molecule has 0 atom stereocenters. The van der Waals surface area contributed by atoms with Gasteiger partial charge in [0.2, 0.25) is 0 Å². The highest BCUT2D eigenvalue weighted by Gasteiger charge is 2.12. The molecule has 0 aliphatic carbocycles. The molecule has 0 heterocycles. The van der Waals surface area contributed by atoms with E-state index in [0.717, 1.165) is 17.2 Å². The van der Waals surface area contributed by atoms with Crippen LogP contribution < -0.4 is 25.6 Å². The molecule has 4 rings (SSSR count). The summed E-state index contributed by atoms with van der Waals surface area (Å²) in [6.07, 6.45) is 0.772. The van der Waals surface area contributed by atoms with Crippen molar-refractivity contribution < 1.29 is 19.1 Å². The molecular formula is C28H24BrN3O4S. The maximum absolute atomic E-state index is 12.5. The Morgan fingerprint density at radius 3 is 2.35 bits per heavy atom. The Hall–Kier alpha value is -3.95. The number of thiocarbonyl (C=S) groups is 1. The number of carbonyl (C=O) groups is 2. The highest BCUT2D eigenvalue weighted by molar-refractivity contribution is 9.10. The van der Waals surface area contributed by atoms with Crippen molar-refractivity contribution in [1.29, 1.82) is 0 Å². The van der Waals surface area contributed by atoms with Crippen LogP contribution >= 0.6 is 28.1 Å².